The van der Waals surface area contributed by atoms with Crippen LogP contribution < -0.4 is 19.8 Å². The Morgan fingerprint density at radius 1 is 1.00 bits per heavy atom. The van der Waals surface area contributed by atoms with Crippen LogP contribution in [-0.2, 0) is 32.6 Å². The summed E-state index contributed by atoms with van der Waals surface area (Å²) in [6.45, 7) is 5.73. The van der Waals surface area contributed by atoms with Gasteiger partial charge in [-0.3, -0.25) is 9.69 Å². The summed E-state index contributed by atoms with van der Waals surface area (Å²) in [5.41, 5.74) is 1.34. The second-order valence-corrected chi connectivity index (χ2v) is 15.0. The van der Waals surface area contributed by atoms with E-state index in [-0.39, 0.29) is 24.0 Å². The average Bonchev–Trinajstić information content (AvgIpc) is 3.62. The number of esters is 2. The van der Waals surface area contributed by atoms with E-state index in [0.717, 1.165) is 42.9 Å². The van der Waals surface area contributed by atoms with Gasteiger partial charge in [0.25, 0.3) is 0 Å². The van der Waals surface area contributed by atoms with Crippen LogP contribution in [0.3, 0.4) is 0 Å². The lowest BCUT2D eigenvalue weighted by atomic mass is 9.81. The molecule has 10 nitrogen and oxygen atoms in total. The third-order valence-corrected chi connectivity index (χ3v) is 11.5. The lowest BCUT2D eigenvalue weighted by molar-refractivity contribution is -0.377. The largest absolute Gasteiger partial charge is 0.870 e. The SMILES string of the molecule is COc1ccc([C@H](Cc2c(Cl)c[nH+]cc2Cl)OC(=O)c2ccc(CNCC(C)(C(=O)O[C@H]3CN4CCC3CC4)c3ccccc3)s2)cc1OC.[OH-]. The molecule has 3 saturated heterocycles. The number of carbonyl (C=O) groups excluding carboxylic acids is 2. The Bertz CT molecular complexity index is 1780. The van der Waals surface area contributed by atoms with E-state index in [0.29, 0.717) is 56.6 Å². The number of halogens is 2. The predicted octanol–water partition coefficient (Wildman–Crippen LogP) is 6.54. The summed E-state index contributed by atoms with van der Waals surface area (Å²) >= 11 is 14.3. The number of carbonyl (C=O) groups is 2. The maximum absolute atomic E-state index is 13.8. The summed E-state index contributed by atoms with van der Waals surface area (Å²) in [5, 5.41) is 4.33. The molecule has 1 unspecified atom stereocenters. The van der Waals surface area contributed by atoms with Crippen molar-refractivity contribution < 1.29 is 39.0 Å². The molecule has 3 N–H and O–H groups in total. The number of aromatic nitrogens is 1. The smallest absolute Gasteiger partial charge is 0.348 e. The van der Waals surface area contributed by atoms with E-state index >= 15 is 0 Å². The Hall–Kier alpha value is -3.71. The fraction of sp³-hybridized carbons (Fsp3) is 0.395. The van der Waals surface area contributed by atoms with E-state index in [4.69, 9.17) is 42.1 Å². The Morgan fingerprint density at radius 3 is 2.35 bits per heavy atom. The van der Waals surface area contributed by atoms with Gasteiger partial charge in [0.1, 0.15) is 32.5 Å². The van der Waals surface area contributed by atoms with Gasteiger partial charge in [0, 0.05) is 36.5 Å². The molecule has 13 heteroatoms. The average molecular weight is 757 g/mol. The van der Waals surface area contributed by atoms with Crippen molar-refractivity contribution in [2.45, 2.75) is 50.4 Å². The zero-order valence-corrected chi connectivity index (χ0v) is 31.2. The van der Waals surface area contributed by atoms with Crippen LogP contribution in [0.1, 0.15) is 57.1 Å². The maximum Gasteiger partial charge on any atom is 0.348 e. The number of nitrogens with one attached hydrogen (secondary N) is 2. The molecule has 272 valence electrons. The van der Waals surface area contributed by atoms with Gasteiger partial charge in [-0.25, -0.2) is 9.78 Å². The highest BCUT2D eigenvalue weighted by Crippen LogP contribution is 2.36. The number of piperidine rings is 3. The number of methoxy groups -OCH3 is 2. The molecular formula is C38H43Cl2N3O7S. The molecular weight excluding hydrogens is 713 g/mol. The zero-order chi connectivity index (χ0) is 35.3. The number of hydrogen-bond acceptors (Lipinski definition) is 10. The second-order valence-electron chi connectivity index (χ2n) is 13.0. The summed E-state index contributed by atoms with van der Waals surface area (Å²) < 4.78 is 23.3. The van der Waals surface area contributed by atoms with Crippen molar-refractivity contribution in [2.24, 2.45) is 5.92 Å². The van der Waals surface area contributed by atoms with Gasteiger partial charge in [-0.15, -0.1) is 11.3 Å². The third-order valence-electron chi connectivity index (χ3n) is 9.77. The molecule has 2 aromatic heterocycles. The number of pyridine rings is 1. The first-order chi connectivity index (χ1) is 24.2. The highest BCUT2D eigenvalue weighted by molar-refractivity contribution is 7.13. The highest BCUT2D eigenvalue weighted by atomic mass is 35.5. The fourth-order valence-corrected chi connectivity index (χ4v) is 8.15. The van der Waals surface area contributed by atoms with Crippen molar-refractivity contribution in [1.29, 1.82) is 0 Å². The molecule has 2 bridgehead atoms. The van der Waals surface area contributed by atoms with Gasteiger partial charge < -0.3 is 29.7 Å². The van der Waals surface area contributed by atoms with E-state index in [1.54, 1.807) is 44.8 Å². The first kappa shape index (κ1) is 38.5. The third kappa shape index (κ3) is 8.85. The molecule has 3 atom stereocenters. The number of thiophene rings is 1. The number of aromatic amines is 1. The van der Waals surface area contributed by atoms with Crippen LogP contribution in [0.2, 0.25) is 10.0 Å². The van der Waals surface area contributed by atoms with Crippen LogP contribution in [0.25, 0.3) is 0 Å². The molecule has 0 amide bonds. The van der Waals surface area contributed by atoms with Crippen molar-refractivity contribution in [3.05, 3.63) is 110 Å². The second kappa shape index (κ2) is 17.2. The minimum atomic E-state index is -0.892. The van der Waals surface area contributed by atoms with E-state index < -0.39 is 17.5 Å². The van der Waals surface area contributed by atoms with Gasteiger partial charge in [0.2, 0.25) is 0 Å². The summed E-state index contributed by atoms with van der Waals surface area (Å²) in [5.74, 6) is 0.781. The van der Waals surface area contributed by atoms with Crippen molar-refractivity contribution >= 4 is 46.5 Å². The molecule has 3 aliphatic heterocycles. The molecule has 3 aliphatic rings. The predicted molar refractivity (Wildman–Crippen MR) is 195 cm³/mol. The van der Waals surface area contributed by atoms with Crippen molar-refractivity contribution in [3.8, 4) is 11.5 Å². The Morgan fingerprint density at radius 2 is 1.71 bits per heavy atom. The normalized spacial score (nSPS) is 19.7. The summed E-state index contributed by atoms with van der Waals surface area (Å²) in [4.78, 5) is 34.1. The molecule has 0 spiro atoms. The standard InChI is InChI=1S/C38H41Cl2N3O6S.H2O/c1-38(26-7-5-4-6-8-26,37(45)49-34-22-43-15-13-24(34)14-16-43)23-42-19-27-10-12-35(50-27)36(44)48-32(18-28-29(39)20-41-21-30(28)40)25-9-11-31(46-2)33(17-25)47-3;/h4-12,17,20-21,24,32,34,42H,13-16,18-19,22-23H2,1-3H3;1H2/t32-,34-,38?;/m0./s1. The van der Waals surface area contributed by atoms with Crippen LogP contribution in [0.4, 0.5) is 0 Å². The van der Waals surface area contributed by atoms with E-state index in [9.17, 15) is 9.59 Å². The number of H-pyrrole nitrogens is 1. The molecule has 0 aliphatic carbocycles. The minimum Gasteiger partial charge on any atom is -0.870 e. The molecule has 51 heavy (non-hydrogen) atoms. The number of hydrogen-bond donors (Lipinski definition) is 1. The molecule has 3 fully saturated rings. The van der Waals surface area contributed by atoms with Crippen LogP contribution in [0.5, 0.6) is 11.5 Å². The number of rotatable bonds is 14. The number of benzene rings is 2. The molecule has 4 aromatic rings. The first-order valence-corrected chi connectivity index (χ1v) is 18.3. The summed E-state index contributed by atoms with van der Waals surface area (Å²) in [7, 11) is 3.11. The lowest BCUT2D eigenvalue weighted by Crippen LogP contribution is -2.54. The van der Waals surface area contributed by atoms with Gasteiger partial charge in [0.15, 0.2) is 23.9 Å². The Labute approximate surface area is 312 Å². The monoisotopic (exact) mass is 755 g/mol. The summed E-state index contributed by atoms with van der Waals surface area (Å²) in [6.07, 6.45) is 4.85. The van der Waals surface area contributed by atoms with Gasteiger partial charge in [-0.1, -0.05) is 59.6 Å². The van der Waals surface area contributed by atoms with Gasteiger partial charge >= 0.3 is 11.9 Å². The van der Waals surface area contributed by atoms with Crippen molar-refractivity contribution in [1.82, 2.24) is 10.2 Å². The maximum atomic E-state index is 13.8. The minimum absolute atomic E-state index is 0. The number of nitrogens with zero attached hydrogens (tertiary/aromatic N) is 1. The molecule has 5 heterocycles. The molecule has 0 radical (unpaired) electrons. The topological polar surface area (TPSA) is 130 Å². The first-order valence-electron chi connectivity index (χ1n) is 16.7. The van der Waals surface area contributed by atoms with E-state index in [1.165, 1.54) is 11.3 Å². The van der Waals surface area contributed by atoms with Crippen LogP contribution in [0, 0.1) is 5.92 Å². The zero-order valence-electron chi connectivity index (χ0n) is 28.8. The number of fused-ring (bicyclic) bond motifs is 3. The highest BCUT2D eigenvalue weighted by Gasteiger charge is 2.42. The fourth-order valence-electron chi connectivity index (χ4n) is 6.75. The van der Waals surface area contributed by atoms with Gasteiger partial charge in [-0.05, 0) is 74.2 Å². The van der Waals surface area contributed by atoms with Crippen molar-refractivity contribution in [2.75, 3.05) is 40.4 Å². The lowest BCUT2D eigenvalue weighted by Gasteiger charge is -2.45. The number of ether oxygens (including phenoxy) is 4. The van der Waals surface area contributed by atoms with Crippen LogP contribution in [-0.4, -0.2) is 68.8 Å². The molecule has 7 rings (SSSR count). The Balaban J connectivity index is 0.00000504. The van der Waals surface area contributed by atoms with E-state index in [2.05, 4.69) is 15.2 Å². The summed E-state index contributed by atoms with van der Waals surface area (Å²) in [6, 6.07) is 18.8. The van der Waals surface area contributed by atoms with Gasteiger partial charge in [-0.2, -0.15) is 0 Å². The molecule has 2 aromatic carbocycles. The van der Waals surface area contributed by atoms with E-state index in [1.807, 2.05) is 49.4 Å². The Kier molecular flexibility index (Phi) is 13.0. The van der Waals surface area contributed by atoms with Gasteiger partial charge in [0.05, 0.1) is 14.2 Å². The molecule has 0 saturated carbocycles. The quantitative estimate of drug-likeness (QED) is 0.143. The van der Waals surface area contributed by atoms with Crippen LogP contribution in [0.15, 0.2) is 73.1 Å². The van der Waals surface area contributed by atoms with Crippen LogP contribution >= 0.6 is 34.5 Å². The van der Waals surface area contributed by atoms with Crippen molar-refractivity contribution in [3.63, 3.8) is 0 Å².